The molecule has 0 radical (unpaired) electrons. The summed E-state index contributed by atoms with van der Waals surface area (Å²) in [4.78, 5) is 28.9. The van der Waals surface area contributed by atoms with Crippen LogP contribution < -0.4 is 9.80 Å². The minimum absolute atomic E-state index is 0.000242. The van der Waals surface area contributed by atoms with Crippen LogP contribution >= 0.6 is 0 Å². The van der Waals surface area contributed by atoms with Gasteiger partial charge in [0.2, 0.25) is 11.9 Å². The van der Waals surface area contributed by atoms with Crippen molar-refractivity contribution in [2.45, 2.75) is 38.5 Å². The van der Waals surface area contributed by atoms with Gasteiger partial charge in [-0.1, -0.05) is 36.4 Å². The molecule has 2 aromatic heterocycles. The van der Waals surface area contributed by atoms with Crippen molar-refractivity contribution in [2.24, 2.45) is 0 Å². The number of carbonyl (C=O) groups excluding carboxylic acids is 1. The van der Waals surface area contributed by atoms with Gasteiger partial charge < -0.3 is 29.5 Å². The fourth-order valence-electron chi connectivity index (χ4n) is 5.78. The van der Waals surface area contributed by atoms with E-state index in [1.165, 1.54) is 0 Å². The molecule has 39 heavy (non-hydrogen) atoms. The summed E-state index contributed by atoms with van der Waals surface area (Å²) in [5.41, 5.74) is 3.12. The Morgan fingerprint density at radius 2 is 1.67 bits per heavy atom. The number of fused-ring (bicyclic) bond motifs is 1. The topological polar surface area (TPSA) is 98.0 Å². The predicted octanol–water partition coefficient (Wildman–Crippen LogP) is 3.50. The van der Waals surface area contributed by atoms with E-state index >= 15 is 0 Å². The number of anilines is 2. The number of para-hydroxylation sites is 1. The van der Waals surface area contributed by atoms with Crippen molar-refractivity contribution in [2.75, 3.05) is 42.5 Å². The predicted molar refractivity (Wildman–Crippen MR) is 152 cm³/mol. The van der Waals surface area contributed by atoms with Crippen LogP contribution in [0.5, 0.6) is 5.88 Å². The normalized spacial score (nSPS) is 18.6. The van der Waals surface area contributed by atoms with E-state index < -0.39 is 0 Å². The second-order valence-electron chi connectivity index (χ2n) is 10.6. The van der Waals surface area contributed by atoms with Gasteiger partial charge in [0, 0.05) is 84.9 Å². The van der Waals surface area contributed by atoms with Crippen LogP contribution in [-0.2, 0) is 11.3 Å². The monoisotopic (exact) mass is 526 g/mol. The first-order valence-corrected chi connectivity index (χ1v) is 13.6. The highest BCUT2D eigenvalue weighted by Gasteiger charge is 2.29. The van der Waals surface area contributed by atoms with Crippen LogP contribution in [0.1, 0.15) is 19.8 Å². The lowest BCUT2D eigenvalue weighted by atomic mass is 10.0. The van der Waals surface area contributed by atoms with E-state index in [4.69, 9.17) is 0 Å². The van der Waals surface area contributed by atoms with Crippen molar-refractivity contribution in [1.82, 2.24) is 19.4 Å². The van der Waals surface area contributed by atoms with E-state index in [9.17, 15) is 15.0 Å². The number of aliphatic hydroxyl groups is 1. The van der Waals surface area contributed by atoms with Gasteiger partial charge in [-0.25, -0.2) is 9.97 Å². The number of rotatable bonds is 5. The largest absolute Gasteiger partial charge is 0.494 e. The van der Waals surface area contributed by atoms with Crippen molar-refractivity contribution < 1.29 is 15.0 Å². The average Bonchev–Trinajstić information content (AvgIpc) is 3.28. The van der Waals surface area contributed by atoms with Gasteiger partial charge in [-0.15, -0.1) is 0 Å². The molecule has 0 saturated carbocycles. The van der Waals surface area contributed by atoms with Crippen molar-refractivity contribution in [3.63, 3.8) is 0 Å². The lowest BCUT2D eigenvalue weighted by molar-refractivity contribution is -0.134. The molecule has 4 heterocycles. The molecule has 9 heteroatoms. The SMILES string of the molecule is CC1CN(c2ccccc2-c2cnc(N3CCC(O)CC3)nc2)CCN1C(=O)Cn1cc2ccccc2c1O. The highest BCUT2D eigenvalue weighted by molar-refractivity contribution is 5.89. The third kappa shape index (κ3) is 5.02. The zero-order valence-corrected chi connectivity index (χ0v) is 22.1. The Hall–Kier alpha value is -4.11. The van der Waals surface area contributed by atoms with Crippen LogP contribution in [0.15, 0.2) is 67.1 Å². The molecule has 0 spiro atoms. The first-order chi connectivity index (χ1) is 19.0. The van der Waals surface area contributed by atoms with Crippen molar-refractivity contribution in [3.05, 3.63) is 67.1 Å². The number of nitrogens with zero attached hydrogens (tertiary/aromatic N) is 6. The molecule has 2 aliphatic heterocycles. The highest BCUT2D eigenvalue weighted by Crippen LogP contribution is 2.32. The minimum Gasteiger partial charge on any atom is -0.494 e. The summed E-state index contributed by atoms with van der Waals surface area (Å²) >= 11 is 0. The van der Waals surface area contributed by atoms with Crippen LogP contribution in [0.3, 0.4) is 0 Å². The summed E-state index contributed by atoms with van der Waals surface area (Å²) in [6.45, 7) is 5.73. The number of piperidine rings is 1. The summed E-state index contributed by atoms with van der Waals surface area (Å²) in [5, 5.41) is 22.1. The number of hydrogen-bond acceptors (Lipinski definition) is 7. The van der Waals surface area contributed by atoms with Crippen LogP contribution in [-0.4, -0.2) is 80.4 Å². The van der Waals surface area contributed by atoms with Crippen LogP contribution in [0.25, 0.3) is 21.9 Å². The highest BCUT2D eigenvalue weighted by atomic mass is 16.3. The smallest absolute Gasteiger partial charge is 0.242 e. The summed E-state index contributed by atoms with van der Waals surface area (Å²) in [6.07, 6.45) is 6.84. The summed E-state index contributed by atoms with van der Waals surface area (Å²) in [7, 11) is 0. The molecule has 2 aliphatic rings. The molecule has 6 rings (SSSR count). The Balaban J connectivity index is 1.14. The Kier molecular flexibility index (Phi) is 6.83. The fourth-order valence-corrected chi connectivity index (χ4v) is 5.78. The van der Waals surface area contributed by atoms with E-state index in [-0.39, 0.29) is 30.5 Å². The zero-order chi connectivity index (χ0) is 26.9. The van der Waals surface area contributed by atoms with Crippen molar-refractivity contribution in [3.8, 4) is 17.0 Å². The Morgan fingerprint density at radius 3 is 2.41 bits per heavy atom. The third-order valence-electron chi connectivity index (χ3n) is 7.96. The maximum Gasteiger partial charge on any atom is 0.242 e. The van der Waals surface area contributed by atoms with Crippen molar-refractivity contribution >= 4 is 28.3 Å². The Bertz CT molecular complexity index is 1460. The van der Waals surface area contributed by atoms with Crippen molar-refractivity contribution in [1.29, 1.82) is 0 Å². The van der Waals surface area contributed by atoms with Gasteiger partial charge in [0.05, 0.1) is 6.10 Å². The number of benzene rings is 2. The second kappa shape index (κ2) is 10.6. The van der Waals surface area contributed by atoms with E-state index in [0.717, 1.165) is 53.5 Å². The molecule has 1 amide bonds. The van der Waals surface area contributed by atoms with Crippen LogP contribution in [0.2, 0.25) is 0 Å². The van der Waals surface area contributed by atoms with Gasteiger partial charge in [-0.3, -0.25) is 4.79 Å². The van der Waals surface area contributed by atoms with E-state index in [1.54, 1.807) is 4.57 Å². The standard InChI is InChI=1S/C30H34N6O3/c1-21-18-34(14-15-36(21)28(38)20-35-19-22-6-2-3-8-26(22)29(35)39)27-9-5-4-7-25(27)23-16-31-30(32-17-23)33-12-10-24(37)11-13-33/h2-9,16-17,19,21,24,37,39H,10-15,18,20H2,1H3. The van der Waals surface area contributed by atoms with Gasteiger partial charge in [-0.05, 0) is 31.9 Å². The second-order valence-corrected chi connectivity index (χ2v) is 10.6. The molecule has 202 valence electrons. The first-order valence-electron chi connectivity index (χ1n) is 13.6. The number of aromatic hydroxyl groups is 1. The van der Waals surface area contributed by atoms with Crippen LogP contribution in [0.4, 0.5) is 11.6 Å². The molecule has 1 unspecified atom stereocenters. The quantitative estimate of drug-likeness (QED) is 0.411. The molecule has 0 aliphatic carbocycles. The van der Waals surface area contributed by atoms with E-state index in [1.807, 2.05) is 59.9 Å². The fraction of sp³-hybridized carbons (Fsp3) is 0.367. The molecule has 2 aromatic carbocycles. The maximum atomic E-state index is 13.3. The zero-order valence-electron chi connectivity index (χ0n) is 22.1. The summed E-state index contributed by atoms with van der Waals surface area (Å²) in [6, 6.07) is 15.9. The average molecular weight is 527 g/mol. The van der Waals surface area contributed by atoms with Gasteiger partial charge in [0.1, 0.15) is 6.54 Å². The number of aromatic nitrogens is 3. The molecule has 4 aromatic rings. The molecule has 1 atom stereocenters. The third-order valence-corrected chi connectivity index (χ3v) is 7.96. The number of carbonyl (C=O) groups is 1. The molecule has 2 saturated heterocycles. The number of piperazine rings is 1. The number of hydrogen-bond donors (Lipinski definition) is 2. The lowest BCUT2D eigenvalue weighted by Crippen LogP contribution is -2.54. The molecule has 0 bridgehead atoms. The van der Waals surface area contributed by atoms with Gasteiger partial charge in [0.25, 0.3) is 0 Å². The van der Waals surface area contributed by atoms with E-state index in [0.29, 0.717) is 25.6 Å². The Labute approximate surface area is 227 Å². The van der Waals surface area contributed by atoms with Gasteiger partial charge >= 0.3 is 0 Å². The maximum absolute atomic E-state index is 13.3. The lowest BCUT2D eigenvalue weighted by Gasteiger charge is -2.41. The van der Waals surface area contributed by atoms with Gasteiger partial charge in [-0.2, -0.15) is 0 Å². The number of aliphatic hydroxyl groups excluding tert-OH is 1. The van der Waals surface area contributed by atoms with Crippen LogP contribution in [0, 0.1) is 0 Å². The molecule has 9 nitrogen and oxygen atoms in total. The first kappa shape index (κ1) is 25.2. The molecule has 2 fully saturated rings. The summed E-state index contributed by atoms with van der Waals surface area (Å²) < 4.78 is 1.64. The van der Waals surface area contributed by atoms with Gasteiger partial charge in [0.15, 0.2) is 5.88 Å². The minimum atomic E-state index is -0.230. The molecular formula is C30H34N6O3. The molecular weight excluding hydrogens is 492 g/mol. The number of amides is 1. The Morgan fingerprint density at radius 1 is 0.949 bits per heavy atom. The van der Waals surface area contributed by atoms with E-state index in [2.05, 4.69) is 38.8 Å². The molecule has 2 N–H and O–H groups in total. The summed E-state index contributed by atoms with van der Waals surface area (Å²) in [5.74, 6) is 0.830.